The summed E-state index contributed by atoms with van der Waals surface area (Å²) in [5.74, 6) is 0. The molecule has 4 heteroatoms. The van der Waals surface area contributed by atoms with Gasteiger partial charge in [-0.15, -0.1) is 0 Å². The molecule has 0 unspecified atom stereocenters. The van der Waals surface area contributed by atoms with Crippen LogP contribution in [0.2, 0.25) is 23.2 Å². The number of rotatable bonds is 8. The minimum Gasteiger partial charge on any atom is -0.382 e. The molecular formula is C19H40N2OSi. The summed E-state index contributed by atoms with van der Waals surface area (Å²) in [5.41, 5.74) is 0. The highest BCUT2D eigenvalue weighted by molar-refractivity contribution is 6.85. The van der Waals surface area contributed by atoms with Gasteiger partial charge in [-0.25, -0.2) is 0 Å². The van der Waals surface area contributed by atoms with Crippen molar-refractivity contribution in [3.8, 4) is 0 Å². The molecular weight excluding hydrogens is 300 g/mol. The van der Waals surface area contributed by atoms with Crippen LogP contribution in [0, 0.1) is 0 Å². The lowest BCUT2D eigenvalue weighted by Crippen LogP contribution is -2.49. The minimum absolute atomic E-state index is 0.238. The van der Waals surface area contributed by atoms with Gasteiger partial charge in [0.15, 0.2) is 0 Å². The zero-order chi connectivity index (χ0) is 17.7. The molecule has 0 N–H and O–H groups in total. The largest absolute Gasteiger partial charge is 0.382 e. The van der Waals surface area contributed by atoms with E-state index in [0.717, 1.165) is 13.2 Å². The van der Waals surface area contributed by atoms with E-state index in [9.17, 15) is 0 Å². The van der Waals surface area contributed by atoms with Gasteiger partial charge >= 0.3 is 0 Å². The van der Waals surface area contributed by atoms with Gasteiger partial charge in [-0.2, -0.15) is 5.10 Å². The van der Waals surface area contributed by atoms with Crippen molar-refractivity contribution in [1.82, 2.24) is 5.01 Å². The molecule has 0 aliphatic carbocycles. The summed E-state index contributed by atoms with van der Waals surface area (Å²) in [5, 5.41) is 7.88. The molecule has 3 nitrogen and oxygen atoms in total. The molecule has 0 spiro atoms. The van der Waals surface area contributed by atoms with E-state index in [0.29, 0.717) is 11.1 Å². The molecule has 1 fully saturated rings. The normalized spacial score (nSPS) is 22.8. The average Bonchev–Trinajstić information content (AvgIpc) is 2.89. The summed E-state index contributed by atoms with van der Waals surface area (Å²) in [4.78, 5) is 0. The first-order valence-corrected chi connectivity index (χ1v) is 12.4. The molecule has 0 aromatic heterocycles. The van der Waals surface area contributed by atoms with E-state index in [-0.39, 0.29) is 5.04 Å². The number of nitrogens with zero attached hydrogens (tertiary/aromatic N) is 2. The molecule has 0 bridgehead atoms. The smallest absolute Gasteiger partial charge is 0.0704 e. The first kappa shape index (κ1) is 20.7. The van der Waals surface area contributed by atoms with Crippen LogP contribution in [0.25, 0.3) is 0 Å². The quantitative estimate of drug-likeness (QED) is 0.428. The second-order valence-electron chi connectivity index (χ2n) is 9.06. The fourth-order valence-electron chi connectivity index (χ4n) is 3.47. The summed E-state index contributed by atoms with van der Waals surface area (Å²) >= 11 is 0. The Labute approximate surface area is 145 Å². The van der Waals surface area contributed by atoms with Crippen LogP contribution in [0.15, 0.2) is 5.10 Å². The Bertz CT molecular complexity index is 389. The molecule has 136 valence electrons. The number of hydrogen-bond acceptors (Lipinski definition) is 3. The SMILES string of the molecule is CCCC[C@](C)(/C=N/N1CCC[C@H]1COC)[Si](C)(C)C(C)(C)C. The van der Waals surface area contributed by atoms with Gasteiger partial charge in [-0.3, -0.25) is 5.01 Å². The Balaban J connectivity index is 2.99. The second kappa shape index (κ2) is 8.15. The van der Waals surface area contributed by atoms with E-state index in [1.807, 2.05) is 0 Å². The molecule has 0 saturated carbocycles. The Morgan fingerprint density at radius 1 is 1.26 bits per heavy atom. The Morgan fingerprint density at radius 3 is 2.43 bits per heavy atom. The standard InChI is InChI=1S/C19H40N2OSi/c1-9-10-13-19(5,23(7,8)18(2,3)4)16-20-21-14-11-12-17(21)15-22-6/h16-17H,9-15H2,1-8H3/b20-16+/t17-,19+/m0/s1. The van der Waals surface area contributed by atoms with Crippen molar-refractivity contribution in [2.45, 2.75) is 95.9 Å². The fourth-order valence-corrected chi connectivity index (χ4v) is 6.37. The zero-order valence-corrected chi connectivity index (χ0v) is 17.9. The molecule has 23 heavy (non-hydrogen) atoms. The fraction of sp³-hybridized carbons (Fsp3) is 0.947. The molecule has 0 aromatic rings. The molecule has 1 aliphatic rings. The van der Waals surface area contributed by atoms with E-state index in [1.54, 1.807) is 7.11 Å². The zero-order valence-electron chi connectivity index (χ0n) is 16.9. The van der Waals surface area contributed by atoms with Crippen LogP contribution in [0.3, 0.4) is 0 Å². The van der Waals surface area contributed by atoms with Gasteiger partial charge in [0.1, 0.15) is 0 Å². The van der Waals surface area contributed by atoms with Crippen molar-refractivity contribution in [3.05, 3.63) is 0 Å². The van der Waals surface area contributed by atoms with Crippen LogP contribution in [-0.2, 0) is 4.74 Å². The molecule has 1 rings (SSSR count). The van der Waals surface area contributed by atoms with Gasteiger partial charge < -0.3 is 4.74 Å². The number of hydrogen-bond donors (Lipinski definition) is 0. The van der Waals surface area contributed by atoms with Gasteiger partial charge in [0, 0.05) is 19.9 Å². The van der Waals surface area contributed by atoms with E-state index < -0.39 is 8.07 Å². The first-order chi connectivity index (χ1) is 10.6. The van der Waals surface area contributed by atoms with Crippen molar-refractivity contribution in [2.75, 3.05) is 20.3 Å². The van der Waals surface area contributed by atoms with Crippen molar-refractivity contribution in [3.63, 3.8) is 0 Å². The first-order valence-electron chi connectivity index (χ1n) is 9.40. The van der Waals surface area contributed by atoms with E-state index >= 15 is 0 Å². The Hall–Kier alpha value is -0.353. The number of unbranched alkanes of at least 4 members (excludes halogenated alkanes) is 1. The maximum absolute atomic E-state index is 5.37. The number of hydrazone groups is 1. The topological polar surface area (TPSA) is 24.8 Å². The molecule has 0 radical (unpaired) electrons. The van der Waals surface area contributed by atoms with E-state index in [2.05, 4.69) is 58.9 Å². The summed E-state index contributed by atoms with van der Waals surface area (Å²) in [7, 11) is 0.277. The molecule has 0 amide bonds. The van der Waals surface area contributed by atoms with Gasteiger partial charge in [0.05, 0.1) is 20.7 Å². The highest BCUT2D eigenvalue weighted by Gasteiger charge is 2.49. The third-order valence-corrected chi connectivity index (χ3v) is 13.5. The monoisotopic (exact) mass is 340 g/mol. The third-order valence-electron chi connectivity index (χ3n) is 6.55. The van der Waals surface area contributed by atoms with Crippen LogP contribution < -0.4 is 0 Å². The molecule has 1 heterocycles. The molecule has 0 aromatic carbocycles. The summed E-state index contributed by atoms with van der Waals surface area (Å²) in [6.45, 7) is 19.0. The summed E-state index contributed by atoms with van der Waals surface area (Å²) < 4.78 is 5.37. The highest BCUT2D eigenvalue weighted by Crippen LogP contribution is 2.53. The Morgan fingerprint density at radius 2 is 1.91 bits per heavy atom. The second-order valence-corrected chi connectivity index (χ2v) is 14.9. The van der Waals surface area contributed by atoms with Crippen LogP contribution in [0.4, 0.5) is 0 Å². The van der Waals surface area contributed by atoms with Gasteiger partial charge in [0.2, 0.25) is 0 Å². The molecule has 1 saturated heterocycles. The lowest BCUT2D eigenvalue weighted by atomic mass is 10.0. The highest BCUT2D eigenvalue weighted by atomic mass is 28.3. The maximum Gasteiger partial charge on any atom is 0.0704 e. The summed E-state index contributed by atoms with van der Waals surface area (Å²) in [6, 6.07) is 0.464. The van der Waals surface area contributed by atoms with Crippen molar-refractivity contribution in [2.24, 2.45) is 5.10 Å². The van der Waals surface area contributed by atoms with Gasteiger partial charge in [-0.05, 0) is 29.3 Å². The predicted octanol–water partition coefficient (Wildman–Crippen LogP) is 5.54. The van der Waals surface area contributed by atoms with Crippen LogP contribution in [0.1, 0.15) is 66.7 Å². The van der Waals surface area contributed by atoms with Crippen LogP contribution in [-0.4, -0.2) is 45.6 Å². The van der Waals surface area contributed by atoms with Crippen molar-refractivity contribution < 1.29 is 4.74 Å². The molecule has 2 atom stereocenters. The van der Waals surface area contributed by atoms with Crippen molar-refractivity contribution in [1.29, 1.82) is 0 Å². The van der Waals surface area contributed by atoms with E-state index in [1.165, 1.54) is 32.1 Å². The Kier molecular flexibility index (Phi) is 7.33. The minimum atomic E-state index is -1.52. The van der Waals surface area contributed by atoms with Gasteiger partial charge in [0.25, 0.3) is 0 Å². The maximum atomic E-state index is 5.37. The van der Waals surface area contributed by atoms with Gasteiger partial charge in [-0.1, -0.05) is 60.6 Å². The van der Waals surface area contributed by atoms with E-state index in [4.69, 9.17) is 9.84 Å². The van der Waals surface area contributed by atoms with Crippen LogP contribution >= 0.6 is 0 Å². The lowest BCUT2D eigenvalue weighted by Gasteiger charge is -2.49. The van der Waals surface area contributed by atoms with Crippen molar-refractivity contribution >= 4 is 14.3 Å². The number of methoxy groups -OCH3 is 1. The van der Waals surface area contributed by atoms with Crippen LogP contribution in [0.5, 0.6) is 0 Å². The summed E-state index contributed by atoms with van der Waals surface area (Å²) in [6.07, 6.45) is 8.57. The number of ether oxygens (including phenoxy) is 1. The average molecular weight is 341 g/mol. The molecule has 1 aliphatic heterocycles. The predicted molar refractivity (Wildman–Crippen MR) is 105 cm³/mol. The third kappa shape index (κ3) is 4.82. The lowest BCUT2D eigenvalue weighted by molar-refractivity contribution is 0.118.